The molecule has 1 aromatic heterocycles. The maximum absolute atomic E-state index is 13.0. The molecule has 0 radical (unpaired) electrons. The van der Waals surface area contributed by atoms with Gasteiger partial charge in [0.1, 0.15) is 5.75 Å². The lowest BCUT2D eigenvalue weighted by atomic mass is 10.1. The number of halogens is 1. The third kappa shape index (κ3) is 4.18. The van der Waals surface area contributed by atoms with Crippen LogP contribution in [0.5, 0.6) is 5.75 Å². The number of fused-ring (bicyclic) bond motifs is 1. The van der Waals surface area contributed by atoms with E-state index in [1.54, 1.807) is 40.1 Å². The molecule has 0 bridgehead atoms. The summed E-state index contributed by atoms with van der Waals surface area (Å²) in [5.41, 5.74) is 4.20. The van der Waals surface area contributed by atoms with Crippen molar-refractivity contribution in [1.82, 2.24) is 19.8 Å². The SMILES string of the molecule is COc1ccc(Cl)cc1C(=O)N1CCN(C(=O)c2ccc3nc(C)c(C)nc3c2)CC1. The lowest BCUT2D eigenvalue weighted by Crippen LogP contribution is -2.50. The van der Waals surface area contributed by atoms with Gasteiger partial charge in [0.2, 0.25) is 0 Å². The Balaban J connectivity index is 1.47. The smallest absolute Gasteiger partial charge is 0.257 e. The lowest BCUT2D eigenvalue weighted by molar-refractivity contribution is 0.0533. The topological polar surface area (TPSA) is 75.6 Å². The fourth-order valence-electron chi connectivity index (χ4n) is 3.68. The summed E-state index contributed by atoms with van der Waals surface area (Å²) in [5.74, 6) is 0.253. The van der Waals surface area contributed by atoms with E-state index in [9.17, 15) is 9.59 Å². The molecule has 2 heterocycles. The number of carbonyl (C=O) groups excluding carboxylic acids is 2. The Morgan fingerprint density at radius 1 is 0.871 bits per heavy atom. The molecule has 160 valence electrons. The van der Waals surface area contributed by atoms with Crippen LogP contribution in [0.15, 0.2) is 36.4 Å². The van der Waals surface area contributed by atoms with Gasteiger partial charge in [0.15, 0.2) is 0 Å². The molecule has 0 saturated carbocycles. The normalized spacial score (nSPS) is 14.1. The Kier molecular flexibility index (Phi) is 5.78. The van der Waals surface area contributed by atoms with Crippen molar-refractivity contribution in [2.75, 3.05) is 33.3 Å². The molecule has 3 aromatic rings. The van der Waals surface area contributed by atoms with Crippen LogP contribution in [0.1, 0.15) is 32.1 Å². The first kappa shape index (κ1) is 21.1. The zero-order valence-electron chi connectivity index (χ0n) is 17.7. The van der Waals surface area contributed by atoms with Gasteiger partial charge in [-0.15, -0.1) is 0 Å². The molecule has 1 aliphatic heterocycles. The first-order valence-corrected chi connectivity index (χ1v) is 10.4. The van der Waals surface area contributed by atoms with Crippen LogP contribution in [0.25, 0.3) is 11.0 Å². The summed E-state index contributed by atoms with van der Waals surface area (Å²) in [6.07, 6.45) is 0. The zero-order valence-corrected chi connectivity index (χ0v) is 18.4. The highest BCUT2D eigenvalue weighted by molar-refractivity contribution is 6.31. The summed E-state index contributed by atoms with van der Waals surface area (Å²) >= 11 is 6.06. The van der Waals surface area contributed by atoms with Crippen molar-refractivity contribution in [3.8, 4) is 5.75 Å². The van der Waals surface area contributed by atoms with Crippen LogP contribution in [-0.2, 0) is 0 Å². The van der Waals surface area contributed by atoms with E-state index in [4.69, 9.17) is 16.3 Å². The van der Waals surface area contributed by atoms with Crippen LogP contribution in [-0.4, -0.2) is 64.9 Å². The quantitative estimate of drug-likeness (QED) is 0.625. The van der Waals surface area contributed by atoms with Gasteiger partial charge in [-0.25, -0.2) is 9.97 Å². The van der Waals surface area contributed by atoms with Gasteiger partial charge in [-0.3, -0.25) is 9.59 Å². The lowest BCUT2D eigenvalue weighted by Gasteiger charge is -2.35. The van der Waals surface area contributed by atoms with Crippen molar-refractivity contribution in [2.24, 2.45) is 0 Å². The van der Waals surface area contributed by atoms with Gasteiger partial charge in [0.25, 0.3) is 11.8 Å². The molecule has 2 amide bonds. The van der Waals surface area contributed by atoms with Gasteiger partial charge in [-0.05, 0) is 50.2 Å². The number of aryl methyl sites for hydroxylation is 2. The maximum atomic E-state index is 13.0. The minimum atomic E-state index is -0.154. The summed E-state index contributed by atoms with van der Waals surface area (Å²) in [7, 11) is 1.52. The zero-order chi connectivity index (χ0) is 22.1. The van der Waals surface area contributed by atoms with E-state index in [2.05, 4.69) is 9.97 Å². The van der Waals surface area contributed by atoms with Crippen LogP contribution in [0.3, 0.4) is 0 Å². The number of amides is 2. The van der Waals surface area contributed by atoms with Crippen molar-refractivity contribution in [2.45, 2.75) is 13.8 Å². The van der Waals surface area contributed by atoms with Gasteiger partial charge < -0.3 is 14.5 Å². The third-order valence-electron chi connectivity index (χ3n) is 5.57. The van der Waals surface area contributed by atoms with Crippen molar-refractivity contribution in [1.29, 1.82) is 0 Å². The molecule has 1 saturated heterocycles. The van der Waals surface area contributed by atoms with Crippen LogP contribution in [0, 0.1) is 13.8 Å². The molecule has 8 heteroatoms. The maximum Gasteiger partial charge on any atom is 0.257 e. The second-order valence-electron chi connectivity index (χ2n) is 7.53. The van der Waals surface area contributed by atoms with Gasteiger partial charge in [-0.2, -0.15) is 0 Å². The number of rotatable bonds is 3. The van der Waals surface area contributed by atoms with E-state index < -0.39 is 0 Å². The second kappa shape index (κ2) is 8.51. The summed E-state index contributed by atoms with van der Waals surface area (Å²) in [6, 6.07) is 10.4. The molecule has 2 aromatic carbocycles. The minimum absolute atomic E-state index is 0.0747. The standard InChI is InChI=1S/C23H23ClN4O3/c1-14-15(2)26-20-12-16(4-6-19(20)25-14)22(29)27-8-10-28(11-9-27)23(30)18-13-17(24)5-7-21(18)31-3/h4-7,12-13H,8-11H2,1-3H3. The van der Waals surface area contributed by atoms with E-state index in [0.29, 0.717) is 53.6 Å². The molecule has 0 aliphatic carbocycles. The van der Waals surface area contributed by atoms with Crippen LogP contribution >= 0.6 is 11.6 Å². The molecule has 0 atom stereocenters. The number of hydrogen-bond donors (Lipinski definition) is 0. The highest BCUT2D eigenvalue weighted by atomic mass is 35.5. The fraction of sp³-hybridized carbons (Fsp3) is 0.304. The molecule has 0 N–H and O–H groups in total. The Labute approximate surface area is 185 Å². The minimum Gasteiger partial charge on any atom is -0.496 e. The average molecular weight is 439 g/mol. The molecule has 4 rings (SSSR count). The van der Waals surface area contributed by atoms with Crippen molar-refractivity contribution >= 4 is 34.4 Å². The van der Waals surface area contributed by atoms with Gasteiger partial charge in [0.05, 0.1) is 35.1 Å². The van der Waals surface area contributed by atoms with E-state index in [1.165, 1.54) is 7.11 Å². The van der Waals surface area contributed by atoms with E-state index in [0.717, 1.165) is 16.9 Å². The Morgan fingerprint density at radius 2 is 1.48 bits per heavy atom. The fourth-order valence-corrected chi connectivity index (χ4v) is 3.85. The molecule has 0 unspecified atom stereocenters. The predicted octanol–water partition coefficient (Wildman–Crippen LogP) is 3.51. The largest absolute Gasteiger partial charge is 0.496 e. The summed E-state index contributed by atoms with van der Waals surface area (Å²) in [5, 5.41) is 0.475. The highest BCUT2D eigenvalue weighted by Gasteiger charge is 2.27. The van der Waals surface area contributed by atoms with Gasteiger partial charge >= 0.3 is 0 Å². The van der Waals surface area contributed by atoms with Crippen molar-refractivity contribution in [3.05, 3.63) is 63.9 Å². The number of piperazine rings is 1. The molecule has 1 fully saturated rings. The van der Waals surface area contributed by atoms with Gasteiger partial charge in [0, 0.05) is 36.8 Å². The first-order chi connectivity index (χ1) is 14.9. The number of methoxy groups -OCH3 is 1. The van der Waals surface area contributed by atoms with Crippen molar-refractivity contribution in [3.63, 3.8) is 0 Å². The predicted molar refractivity (Wildman–Crippen MR) is 119 cm³/mol. The summed E-state index contributed by atoms with van der Waals surface area (Å²) < 4.78 is 5.30. The Hall–Kier alpha value is -3.19. The summed E-state index contributed by atoms with van der Waals surface area (Å²) in [4.78, 5) is 38.5. The van der Waals surface area contributed by atoms with Crippen LogP contribution < -0.4 is 4.74 Å². The van der Waals surface area contributed by atoms with Gasteiger partial charge in [-0.1, -0.05) is 11.6 Å². The molecular formula is C23H23ClN4O3. The van der Waals surface area contributed by atoms with Crippen LogP contribution in [0.4, 0.5) is 0 Å². The number of hydrogen-bond acceptors (Lipinski definition) is 5. The highest BCUT2D eigenvalue weighted by Crippen LogP contribution is 2.25. The number of benzene rings is 2. The number of nitrogens with zero attached hydrogens (tertiary/aromatic N) is 4. The number of ether oxygens (including phenoxy) is 1. The molecule has 7 nitrogen and oxygen atoms in total. The van der Waals surface area contributed by atoms with Crippen molar-refractivity contribution < 1.29 is 14.3 Å². The third-order valence-corrected chi connectivity index (χ3v) is 5.80. The second-order valence-corrected chi connectivity index (χ2v) is 7.96. The Morgan fingerprint density at radius 3 is 2.13 bits per heavy atom. The molecule has 1 aliphatic rings. The first-order valence-electron chi connectivity index (χ1n) is 10.0. The monoisotopic (exact) mass is 438 g/mol. The Bertz CT molecular complexity index is 1170. The number of aromatic nitrogens is 2. The van der Waals surface area contributed by atoms with Crippen LogP contribution in [0.2, 0.25) is 5.02 Å². The van der Waals surface area contributed by atoms with E-state index in [-0.39, 0.29) is 11.8 Å². The summed E-state index contributed by atoms with van der Waals surface area (Å²) in [6.45, 7) is 5.59. The molecular weight excluding hydrogens is 416 g/mol. The van der Waals surface area contributed by atoms with E-state index >= 15 is 0 Å². The number of carbonyl (C=O) groups is 2. The molecule has 0 spiro atoms. The average Bonchev–Trinajstić information content (AvgIpc) is 2.78. The van der Waals surface area contributed by atoms with E-state index in [1.807, 2.05) is 19.9 Å². The molecule has 31 heavy (non-hydrogen) atoms.